The predicted octanol–water partition coefficient (Wildman–Crippen LogP) is 2.20. The van der Waals surface area contributed by atoms with Gasteiger partial charge < -0.3 is 10.4 Å². The molecule has 1 aromatic carbocycles. The normalized spacial score (nSPS) is 10.3. The first-order valence-corrected chi connectivity index (χ1v) is 5.73. The van der Waals surface area contributed by atoms with Crippen molar-refractivity contribution in [3.05, 3.63) is 35.4 Å². The second kappa shape index (κ2) is 7.01. The Morgan fingerprint density at radius 2 is 2.00 bits per heavy atom. The molecule has 0 unspecified atom stereocenters. The van der Waals surface area contributed by atoms with Crippen LogP contribution in [0.2, 0.25) is 0 Å². The van der Waals surface area contributed by atoms with Gasteiger partial charge in [-0.1, -0.05) is 37.6 Å². The van der Waals surface area contributed by atoms with Crippen LogP contribution in [0.3, 0.4) is 0 Å². The van der Waals surface area contributed by atoms with Gasteiger partial charge in [-0.25, -0.2) is 0 Å². The van der Waals surface area contributed by atoms with Crippen molar-refractivity contribution in [3.63, 3.8) is 0 Å². The molecule has 0 spiro atoms. The van der Waals surface area contributed by atoms with Gasteiger partial charge in [0.25, 0.3) is 0 Å². The van der Waals surface area contributed by atoms with Gasteiger partial charge >= 0.3 is 5.97 Å². The van der Waals surface area contributed by atoms with E-state index in [0.717, 1.165) is 19.4 Å². The summed E-state index contributed by atoms with van der Waals surface area (Å²) < 4.78 is 0. The lowest BCUT2D eigenvalue weighted by molar-refractivity contribution is -0.136. The minimum Gasteiger partial charge on any atom is -0.481 e. The van der Waals surface area contributed by atoms with Gasteiger partial charge in [0, 0.05) is 13.1 Å². The average Bonchev–Trinajstić information content (AvgIpc) is 2.26. The molecule has 0 aliphatic carbocycles. The van der Waals surface area contributed by atoms with E-state index in [2.05, 4.69) is 24.4 Å². The molecule has 1 rings (SSSR count). The summed E-state index contributed by atoms with van der Waals surface area (Å²) in [6.07, 6.45) is 2.39. The zero-order chi connectivity index (χ0) is 11.8. The largest absolute Gasteiger partial charge is 0.481 e. The number of carboxylic acids is 1. The van der Waals surface area contributed by atoms with Crippen LogP contribution in [0.4, 0.5) is 0 Å². The van der Waals surface area contributed by atoms with E-state index in [0.29, 0.717) is 6.54 Å². The van der Waals surface area contributed by atoms with Gasteiger partial charge in [-0.3, -0.25) is 4.79 Å². The zero-order valence-corrected chi connectivity index (χ0v) is 9.70. The first kappa shape index (κ1) is 12.7. The molecule has 3 nitrogen and oxygen atoms in total. The molecule has 0 saturated carbocycles. The van der Waals surface area contributed by atoms with Gasteiger partial charge in [-0.05, 0) is 17.5 Å². The Morgan fingerprint density at radius 3 is 2.62 bits per heavy atom. The van der Waals surface area contributed by atoms with Crippen LogP contribution in [0, 0.1) is 0 Å². The third-order valence-corrected chi connectivity index (χ3v) is 2.47. The first-order chi connectivity index (χ1) is 7.74. The van der Waals surface area contributed by atoms with Crippen molar-refractivity contribution in [1.29, 1.82) is 0 Å². The molecule has 0 radical (unpaired) electrons. The van der Waals surface area contributed by atoms with Crippen LogP contribution in [-0.4, -0.2) is 17.6 Å². The quantitative estimate of drug-likeness (QED) is 0.694. The molecule has 0 bridgehead atoms. The second-order valence-corrected chi connectivity index (χ2v) is 3.84. The van der Waals surface area contributed by atoms with Crippen molar-refractivity contribution in [1.82, 2.24) is 5.32 Å². The summed E-state index contributed by atoms with van der Waals surface area (Å²) in [5.41, 5.74) is 2.63. The zero-order valence-electron chi connectivity index (χ0n) is 9.70. The fourth-order valence-corrected chi connectivity index (χ4v) is 1.66. The Hall–Kier alpha value is -1.35. The highest BCUT2D eigenvalue weighted by molar-refractivity contribution is 5.66. The van der Waals surface area contributed by atoms with Crippen LogP contribution in [0.15, 0.2) is 24.3 Å². The van der Waals surface area contributed by atoms with Crippen LogP contribution in [-0.2, 0) is 17.8 Å². The molecule has 0 fully saturated rings. The minimum atomic E-state index is -0.755. The van der Waals surface area contributed by atoms with Gasteiger partial charge in [0.05, 0.1) is 6.42 Å². The molecule has 88 valence electrons. The maximum Gasteiger partial charge on any atom is 0.304 e. The van der Waals surface area contributed by atoms with Crippen LogP contribution in [0.5, 0.6) is 0 Å². The third kappa shape index (κ3) is 4.45. The molecular formula is C13H19NO2. The van der Waals surface area contributed by atoms with Crippen molar-refractivity contribution in [2.24, 2.45) is 0 Å². The topological polar surface area (TPSA) is 49.3 Å². The summed E-state index contributed by atoms with van der Waals surface area (Å²) in [7, 11) is 0. The Labute approximate surface area is 96.5 Å². The van der Waals surface area contributed by atoms with Crippen molar-refractivity contribution in [3.8, 4) is 0 Å². The number of carbonyl (C=O) groups is 1. The summed E-state index contributed by atoms with van der Waals surface area (Å²) in [4.78, 5) is 10.3. The molecular weight excluding hydrogens is 202 g/mol. The number of nitrogens with one attached hydrogen (secondary N) is 1. The summed E-state index contributed by atoms with van der Waals surface area (Å²) >= 11 is 0. The first-order valence-electron chi connectivity index (χ1n) is 5.73. The van der Waals surface area contributed by atoms with Gasteiger partial charge in [-0.2, -0.15) is 0 Å². The van der Waals surface area contributed by atoms with Crippen LogP contribution < -0.4 is 5.32 Å². The molecule has 1 aromatic rings. The Kier molecular flexibility index (Phi) is 5.57. The van der Waals surface area contributed by atoms with Gasteiger partial charge in [0.1, 0.15) is 0 Å². The maximum absolute atomic E-state index is 10.3. The summed E-state index contributed by atoms with van der Waals surface area (Å²) in [5.74, 6) is -0.755. The number of carboxylic acid groups (broad SMARTS) is 1. The summed E-state index contributed by atoms with van der Waals surface area (Å²) in [6.45, 7) is 3.44. The summed E-state index contributed by atoms with van der Waals surface area (Å²) in [6, 6.07) is 8.30. The Balaban J connectivity index is 2.43. The Bertz CT molecular complexity index is 336. The average molecular weight is 221 g/mol. The van der Waals surface area contributed by atoms with Crippen molar-refractivity contribution >= 4 is 5.97 Å². The number of benzene rings is 1. The van der Waals surface area contributed by atoms with E-state index in [1.165, 1.54) is 11.1 Å². The molecule has 16 heavy (non-hydrogen) atoms. The number of aliphatic carboxylic acids is 1. The predicted molar refractivity (Wildman–Crippen MR) is 64.4 cm³/mol. The lowest BCUT2D eigenvalue weighted by Crippen LogP contribution is -2.18. The van der Waals surface area contributed by atoms with E-state index in [-0.39, 0.29) is 6.42 Å². The molecule has 0 aliphatic heterocycles. The second-order valence-electron chi connectivity index (χ2n) is 3.84. The summed E-state index contributed by atoms with van der Waals surface area (Å²) in [5, 5.41) is 11.7. The number of hydrogen-bond donors (Lipinski definition) is 2. The highest BCUT2D eigenvalue weighted by Crippen LogP contribution is 2.10. The fraction of sp³-hybridized carbons (Fsp3) is 0.462. The molecule has 0 aliphatic rings. The lowest BCUT2D eigenvalue weighted by Gasteiger charge is -2.09. The van der Waals surface area contributed by atoms with Gasteiger partial charge in [-0.15, -0.1) is 0 Å². The SMILES string of the molecule is CCCc1ccccc1CNCCC(=O)O. The van der Waals surface area contributed by atoms with E-state index in [4.69, 9.17) is 5.11 Å². The smallest absolute Gasteiger partial charge is 0.304 e. The van der Waals surface area contributed by atoms with Crippen molar-refractivity contribution in [2.45, 2.75) is 32.7 Å². The number of hydrogen-bond acceptors (Lipinski definition) is 2. The molecule has 0 atom stereocenters. The number of aryl methyl sites for hydroxylation is 1. The third-order valence-electron chi connectivity index (χ3n) is 2.47. The van der Waals surface area contributed by atoms with Gasteiger partial charge in [0.2, 0.25) is 0 Å². The van der Waals surface area contributed by atoms with Crippen molar-refractivity contribution in [2.75, 3.05) is 6.54 Å². The van der Waals surface area contributed by atoms with E-state index >= 15 is 0 Å². The van der Waals surface area contributed by atoms with Crippen molar-refractivity contribution < 1.29 is 9.90 Å². The molecule has 2 N–H and O–H groups in total. The standard InChI is InChI=1S/C13H19NO2/c1-2-5-11-6-3-4-7-12(11)10-14-9-8-13(15)16/h3-4,6-7,14H,2,5,8-10H2,1H3,(H,15,16). The monoisotopic (exact) mass is 221 g/mol. The highest BCUT2D eigenvalue weighted by Gasteiger charge is 2.01. The maximum atomic E-state index is 10.3. The molecule has 0 amide bonds. The van der Waals surface area contributed by atoms with E-state index in [1.807, 2.05) is 12.1 Å². The minimum absolute atomic E-state index is 0.177. The van der Waals surface area contributed by atoms with E-state index in [1.54, 1.807) is 0 Å². The van der Waals surface area contributed by atoms with Crippen LogP contribution in [0.25, 0.3) is 0 Å². The van der Waals surface area contributed by atoms with Crippen LogP contribution >= 0.6 is 0 Å². The van der Waals surface area contributed by atoms with Gasteiger partial charge in [0.15, 0.2) is 0 Å². The molecule has 0 aromatic heterocycles. The molecule has 0 heterocycles. The molecule has 3 heteroatoms. The van der Waals surface area contributed by atoms with E-state index in [9.17, 15) is 4.79 Å². The van der Waals surface area contributed by atoms with Crippen LogP contribution in [0.1, 0.15) is 30.9 Å². The Morgan fingerprint density at radius 1 is 1.31 bits per heavy atom. The molecule has 0 saturated heterocycles. The van der Waals surface area contributed by atoms with E-state index < -0.39 is 5.97 Å². The highest BCUT2D eigenvalue weighted by atomic mass is 16.4. The lowest BCUT2D eigenvalue weighted by atomic mass is 10.0. The fourth-order valence-electron chi connectivity index (χ4n) is 1.66. The number of rotatable bonds is 7.